The molecule has 1 fully saturated rings. The predicted molar refractivity (Wildman–Crippen MR) is 99.4 cm³/mol. The number of halogens is 1. The maximum absolute atomic E-state index is 12.9. The van der Waals surface area contributed by atoms with Crippen LogP contribution in [0.2, 0.25) is 5.02 Å². The number of carbonyl (C=O) groups excluding carboxylic acids is 1. The number of likely N-dealkylation sites (N-methyl/N-ethyl adjacent to an activating group) is 1. The summed E-state index contributed by atoms with van der Waals surface area (Å²) in [6.45, 7) is 5.07. The van der Waals surface area contributed by atoms with Crippen LogP contribution in [0.5, 0.6) is 0 Å². The second-order valence-electron chi connectivity index (χ2n) is 6.51. The van der Waals surface area contributed by atoms with Crippen molar-refractivity contribution in [1.82, 2.24) is 29.4 Å². The third-order valence-electron chi connectivity index (χ3n) is 4.71. The number of aromatic nitrogens is 4. The molecule has 134 valence electrons. The molecule has 1 saturated heterocycles. The zero-order valence-corrected chi connectivity index (χ0v) is 15.4. The molecule has 0 spiro atoms. The summed E-state index contributed by atoms with van der Waals surface area (Å²) in [6.07, 6.45) is 1.60. The number of hydrogen-bond acceptors (Lipinski definition) is 5. The Kier molecular flexibility index (Phi) is 4.34. The Hall–Kier alpha value is -2.51. The molecule has 1 aliphatic rings. The van der Waals surface area contributed by atoms with Crippen molar-refractivity contribution in [2.24, 2.45) is 0 Å². The number of piperazine rings is 1. The zero-order valence-electron chi connectivity index (χ0n) is 14.7. The molecular formula is C18H19ClN6O. The Morgan fingerprint density at radius 1 is 1.19 bits per heavy atom. The molecule has 0 N–H and O–H groups in total. The topological polar surface area (TPSA) is 66.6 Å². The Morgan fingerprint density at radius 2 is 1.96 bits per heavy atom. The zero-order chi connectivity index (χ0) is 18.3. The van der Waals surface area contributed by atoms with Crippen molar-refractivity contribution in [2.75, 3.05) is 33.2 Å². The monoisotopic (exact) mass is 370 g/mol. The van der Waals surface area contributed by atoms with Gasteiger partial charge in [0.25, 0.3) is 11.7 Å². The van der Waals surface area contributed by atoms with Crippen molar-refractivity contribution in [3.8, 4) is 11.4 Å². The van der Waals surface area contributed by atoms with Crippen LogP contribution in [0.15, 0.2) is 30.5 Å². The Labute approximate surface area is 156 Å². The van der Waals surface area contributed by atoms with Crippen LogP contribution in [0.4, 0.5) is 0 Å². The lowest BCUT2D eigenvalue weighted by Crippen LogP contribution is -2.47. The summed E-state index contributed by atoms with van der Waals surface area (Å²) < 4.78 is 1.62. The van der Waals surface area contributed by atoms with Crippen molar-refractivity contribution in [2.45, 2.75) is 6.92 Å². The number of hydrogen-bond donors (Lipinski definition) is 0. The van der Waals surface area contributed by atoms with Crippen LogP contribution in [0, 0.1) is 6.92 Å². The van der Waals surface area contributed by atoms with Gasteiger partial charge in [-0.2, -0.15) is 4.98 Å². The van der Waals surface area contributed by atoms with Crippen molar-refractivity contribution in [1.29, 1.82) is 0 Å². The fourth-order valence-corrected chi connectivity index (χ4v) is 3.27. The van der Waals surface area contributed by atoms with Crippen LogP contribution < -0.4 is 0 Å². The summed E-state index contributed by atoms with van der Waals surface area (Å²) >= 11 is 6.06. The van der Waals surface area contributed by atoms with Gasteiger partial charge in [0, 0.05) is 43.0 Å². The second kappa shape index (κ2) is 6.66. The molecule has 0 saturated carbocycles. The molecule has 26 heavy (non-hydrogen) atoms. The predicted octanol–water partition coefficient (Wildman–Crippen LogP) is 2.14. The van der Waals surface area contributed by atoms with Crippen LogP contribution in [-0.4, -0.2) is 68.5 Å². The first-order valence-corrected chi connectivity index (χ1v) is 8.87. The standard InChI is InChI=1S/C18H19ClN6O/c1-12-15(17(26)24-8-6-23(2)7-9-24)11-20-18-21-16(22-25(12)18)13-4-3-5-14(19)10-13/h3-5,10-11H,6-9H2,1-2H3. The minimum absolute atomic E-state index is 0.00944. The molecule has 3 heterocycles. The van der Waals surface area contributed by atoms with Gasteiger partial charge < -0.3 is 9.80 Å². The average Bonchev–Trinajstić information content (AvgIpc) is 3.07. The van der Waals surface area contributed by atoms with Gasteiger partial charge >= 0.3 is 0 Å². The second-order valence-corrected chi connectivity index (χ2v) is 6.95. The van der Waals surface area contributed by atoms with E-state index in [9.17, 15) is 4.79 Å². The molecule has 1 aliphatic heterocycles. The third-order valence-corrected chi connectivity index (χ3v) is 4.95. The lowest BCUT2D eigenvalue weighted by atomic mass is 10.2. The molecule has 1 aromatic carbocycles. The van der Waals surface area contributed by atoms with E-state index in [2.05, 4.69) is 27.0 Å². The van der Waals surface area contributed by atoms with Crippen LogP contribution in [0.3, 0.4) is 0 Å². The number of rotatable bonds is 2. The summed E-state index contributed by atoms with van der Waals surface area (Å²) in [5.74, 6) is 0.990. The normalized spacial score (nSPS) is 15.6. The smallest absolute Gasteiger partial charge is 0.257 e. The molecule has 0 bridgehead atoms. The van der Waals surface area contributed by atoms with Gasteiger partial charge in [0.15, 0.2) is 5.82 Å². The van der Waals surface area contributed by atoms with E-state index in [0.717, 1.165) is 37.4 Å². The van der Waals surface area contributed by atoms with Crippen molar-refractivity contribution in [3.63, 3.8) is 0 Å². The largest absolute Gasteiger partial charge is 0.336 e. The van der Waals surface area contributed by atoms with Gasteiger partial charge in [0.05, 0.1) is 11.3 Å². The molecule has 8 heteroatoms. The summed E-state index contributed by atoms with van der Waals surface area (Å²) in [5, 5.41) is 5.15. The highest BCUT2D eigenvalue weighted by Gasteiger charge is 2.23. The lowest BCUT2D eigenvalue weighted by Gasteiger charge is -2.32. The van der Waals surface area contributed by atoms with E-state index in [1.165, 1.54) is 0 Å². The Balaban J connectivity index is 1.70. The third kappa shape index (κ3) is 3.04. The number of amides is 1. The van der Waals surface area contributed by atoms with Crippen LogP contribution in [-0.2, 0) is 0 Å². The van der Waals surface area contributed by atoms with Gasteiger partial charge in [-0.25, -0.2) is 9.50 Å². The molecule has 7 nitrogen and oxygen atoms in total. The fraction of sp³-hybridized carbons (Fsp3) is 0.333. The van der Waals surface area contributed by atoms with Crippen LogP contribution >= 0.6 is 11.6 Å². The van der Waals surface area contributed by atoms with E-state index in [4.69, 9.17) is 11.6 Å². The Bertz CT molecular complexity index is 977. The molecule has 3 aromatic rings. The summed E-state index contributed by atoms with van der Waals surface area (Å²) in [5.41, 5.74) is 2.11. The fourth-order valence-electron chi connectivity index (χ4n) is 3.08. The minimum Gasteiger partial charge on any atom is -0.336 e. The van der Waals surface area contributed by atoms with E-state index >= 15 is 0 Å². The molecule has 0 atom stereocenters. The summed E-state index contributed by atoms with van der Waals surface area (Å²) in [4.78, 5) is 25.8. The SMILES string of the molecule is Cc1c(C(=O)N2CCN(C)CC2)cnc2nc(-c3cccc(Cl)c3)nn12. The van der Waals surface area contributed by atoms with Crippen molar-refractivity contribution >= 4 is 23.3 Å². The highest BCUT2D eigenvalue weighted by atomic mass is 35.5. The van der Waals surface area contributed by atoms with Gasteiger partial charge in [-0.1, -0.05) is 23.7 Å². The van der Waals surface area contributed by atoms with Crippen LogP contribution in [0.25, 0.3) is 17.2 Å². The van der Waals surface area contributed by atoms with E-state index in [0.29, 0.717) is 22.2 Å². The van der Waals surface area contributed by atoms with E-state index in [1.54, 1.807) is 16.8 Å². The number of benzene rings is 1. The first kappa shape index (κ1) is 16.9. The molecule has 4 rings (SSSR count). The molecule has 0 radical (unpaired) electrons. The highest BCUT2D eigenvalue weighted by Crippen LogP contribution is 2.21. The Morgan fingerprint density at radius 3 is 2.69 bits per heavy atom. The first-order valence-electron chi connectivity index (χ1n) is 8.49. The lowest BCUT2D eigenvalue weighted by molar-refractivity contribution is 0.0662. The maximum atomic E-state index is 12.9. The summed E-state index contributed by atoms with van der Waals surface area (Å²) in [7, 11) is 2.06. The maximum Gasteiger partial charge on any atom is 0.257 e. The van der Waals surface area contributed by atoms with E-state index in [-0.39, 0.29) is 5.91 Å². The van der Waals surface area contributed by atoms with Crippen molar-refractivity contribution in [3.05, 3.63) is 46.7 Å². The molecule has 2 aromatic heterocycles. The molecule has 0 unspecified atom stereocenters. The van der Waals surface area contributed by atoms with Gasteiger partial charge in [-0.15, -0.1) is 5.10 Å². The van der Waals surface area contributed by atoms with Crippen LogP contribution in [0.1, 0.15) is 16.1 Å². The number of nitrogens with zero attached hydrogens (tertiary/aromatic N) is 6. The minimum atomic E-state index is -0.00944. The highest BCUT2D eigenvalue weighted by molar-refractivity contribution is 6.30. The average molecular weight is 371 g/mol. The number of aryl methyl sites for hydroxylation is 1. The number of carbonyl (C=O) groups is 1. The van der Waals surface area contributed by atoms with Crippen molar-refractivity contribution < 1.29 is 4.79 Å². The summed E-state index contributed by atoms with van der Waals surface area (Å²) in [6, 6.07) is 7.36. The molecular weight excluding hydrogens is 352 g/mol. The van der Waals surface area contributed by atoms with Gasteiger partial charge in [0.2, 0.25) is 0 Å². The number of fused-ring (bicyclic) bond motifs is 1. The van der Waals surface area contributed by atoms with Gasteiger partial charge in [0.1, 0.15) is 0 Å². The van der Waals surface area contributed by atoms with E-state index < -0.39 is 0 Å². The molecule has 1 amide bonds. The molecule has 0 aliphatic carbocycles. The first-order chi connectivity index (χ1) is 12.5. The van der Waals surface area contributed by atoms with Gasteiger partial charge in [-0.3, -0.25) is 4.79 Å². The quantitative estimate of drug-likeness (QED) is 0.691. The van der Waals surface area contributed by atoms with E-state index in [1.807, 2.05) is 30.0 Å². The van der Waals surface area contributed by atoms with Gasteiger partial charge in [-0.05, 0) is 26.1 Å².